The van der Waals surface area contributed by atoms with Gasteiger partial charge in [0, 0.05) is 11.4 Å². The molecule has 0 aliphatic carbocycles. The first kappa shape index (κ1) is 14.1. The maximum atomic E-state index is 13.3. The molecule has 1 saturated heterocycles. The highest BCUT2D eigenvalue weighted by atomic mass is 79.9. The molecule has 1 fully saturated rings. The Kier molecular flexibility index (Phi) is 4.31. The maximum absolute atomic E-state index is 13.3. The second-order valence-corrected chi connectivity index (χ2v) is 5.74. The van der Waals surface area contributed by atoms with Gasteiger partial charge in [-0.05, 0) is 34.1 Å². The summed E-state index contributed by atoms with van der Waals surface area (Å²) >= 11 is 4.38. The number of halogens is 2. The molecule has 2 N–H and O–H groups in total. The second kappa shape index (κ2) is 5.79. The van der Waals surface area contributed by atoms with Gasteiger partial charge in [0.15, 0.2) is 0 Å². The largest absolute Gasteiger partial charge is 0.480 e. The number of rotatable bonds is 2. The van der Waals surface area contributed by atoms with Crippen molar-refractivity contribution in [2.75, 3.05) is 16.9 Å². The Morgan fingerprint density at radius 3 is 2.89 bits per heavy atom. The lowest BCUT2D eigenvalue weighted by Gasteiger charge is -2.20. The molecule has 1 aromatic carbocycles. The second-order valence-electron chi connectivity index (χ2n) is 3.88. The van der Waals surface area contributed by atoms with Crippen LogP contribution in [0.25, 0.3) is 0 Å². The van der Waals surface area contributed by atoms with E-state index in [0.29, 0.717) is 16.1 Å². The first-order valence-corrected chi connectivity index (χ1v) is 7.27. The predicted molar refractivity (Wildman–Crippen MR) is 73.7 cm³/mol. The van der Waals surface area contributed by atoms with Gasteiger partial charge in [-0.25, -0.2) is 14.0 Å². The zero-order valence-corrected chi connectivity index (χ0v) is 12.0. The number of carbonyl (C=O) groups excluding carboxylic acids is 1. The minimum absolute atomic E-state index is 0.284. The van der Waals surface area contributed by atoms with Crippen LogP contribution in [0.1, 0.15) is 0 Å². The van der Waals surface area contributed by atoms with Crippen molar-refractivity contribution in [3.05, 3.63) is 28.5 Å². The van der Waals surface area contributed by atoms with Crippen LogP contribution in [0.15, 0.2) is 22.7 Å². The van der Waals surface area contributed by atoms with Crippen molar-refractivity contribution in [3.63, 3.8) is 0 Å². The topological polar surface area (TPSA) is 69.6 Å². The van der Waals surface area contributed by atoms with E-state index in [9.17, 15) is 14.0 Å². The van der Waals surface area contributed by atoms with E-state index >= 15 is 0 Å². The quantitative estimate of drug-likeness (QED) is 0.861. The molecule has 102 valence electrons. The summed E-state index contributed by atoms with van der Waals surface area (Å²) in [6.07, 6.45) is 0. The van der Waals surface area contributed by atoms with Crippen LogP contribution < -0.4 is 5.32 Å². The molecule has 8 heteroatoms. The third-order valence-corrected chi connectivity index (χ3v) is 4.25. The van der Waals surface area contributed by atoms with Crippen LogP contribution in [0.3, 0.4) is 0 Å². The molecule has 0 spiro atoms. The molecule has 1 aliphatic heterocycles. The highest BCUT2D eigenvalue weighted by Crippen LogP contribution is 2.23. The number of carboxylic acid groups (broad SMARTS) is 1. The normalized spacial score (nSPS) is 18.4. The van der Waals surface area contributed by atoms with Crippen molar-refractivity contribution in [1.82, 2.24) is 4.90 Å². The number of carboxylic acids is 1. The Balaban J connectivity index is 2.08. The molecular formula is C11H10BrFN2O3S. The number of nitrogens with one attached hydrogen (secondary N) is 1. The molecule has 1 unspecified atom stereocenters. The van der Waals surface area contributed by atoms with Gasteiger partial charge in [0.1, 0.15) is 11.9 Å². The summed E-state index contributed by atoms with van der Waals surface area (Å²) in [5, 5.41) is 11.5. The summed E-state index contributed by atoms with van der Waals surface area (Å²) in [6, 6.07) is 2.79. The summed E-state index contributed by atoms with van der Waals surface area (Å²) in [6.45, 7) is 0. The Morgan fingerprint density at radius 1 is 1.53 bits per heavy atom. The van der Waals surface area contributed by atoms with Gasteiger partial charge in [-0.2, -0.15) is 0 Å². The van der Waals surface area contributed by atoms with Crippen molar-refractivity contribution in [2.24, 2.45) is 0 Å². The summed E-state index contributed by atoms with van der Waals surface area (Å²) in [7, 11) is 0. The molecule has 1 aliphatic rings. The zero-order valence-electron chi connectivity index (χ0n) is 9.60. The third-order valence-electron chi connectivity index (χ3n) is 2.60. The number of carbonyl (C=O) groups is 2. The first-order valence-electron chi connectivity index (χ1n) is 5.32. The van der Waals surface area contributed by atoms with E-state index in [1.54, 1.807) is 0 Å². The van der Waals surface area contributed by atoms with Gasteiger partial charge in [-0.15, -0.1) is 11.8 Å². The number of hydrogen-bond donors (Lipinski definition) is 2. The van der Waals surface area contributed by atoms with Gasteiger partial charge in [-0.3, -0.25) is 0 Å². The predicted octanol–water partition coefficient (Wildman–Crippen LogP) is 2.58. The number of benzene rings is 1. The van der Waals surface area contributed by atoms with E-state index in [1.807, 2.05) is 0 Å². The molecular weight excluding hydrogens is 339 g/mol. The Labute approximate surface area is 121 Å². The van der Waals surface area contributed by atoms with Crippen LogP contribution in [-0.2, 0) is 4.79 Å². The SMILES string of the molecule is O=C(O)C1CSCN1C(=O)Nc1ccc(Br)c(F)c1. The molecule has 1 aromatic rings. The van der Waals surface area contributed by atoms with Gasteiger partial charge >= 0.3 is 12.0 Å². The lowest BCUT2D eigenvalue weighted by Crippen LogP contribution is -2.43. The van der Waals surface area contributed by atoms with E-state index in [4.69, 9.17) is 5.11 Å². The van der Waals surface area contributed by atoms with Crippen LogP contribution in [-0.4, -0.2) is 39.7 Å². The van der Waals surface area contributed by atoms with E-state index in [0.717, 1.165) is 0 Å². The number of anilines is 1. The number of aliphatic carboxylic acids is 1. The lowest BCUT2D eigenvalue weighted by atomic mass is 10.3. The van der Waals surface area contributed by atoms with E-state index in [1.165, 1.54) is 34.9 Å². The molecule has 1 atom stereocenters. The van der Waals surface area contributed by atoms with Crippen molar-refractivity contribution >= 4 is 45.4 Å². The molecule has 0 radical (unpaired) electrons. The van der Waals surface area contributed by atoms with Gasteiger partial charge in [0.2, 0.25) is 0 Å². The van der Waals surface area contributed by atoms with Crippen LogP contribution in [0.4, 0.5) is 14.9 Å². The van der Waals surface area contributed by atoms with Crippen molar-refractivity contribution in [3.8, 4) is 0 Å². The molecule has 19 heavy (non-hydrogen) atoms. The summed E-state index contributed by atoms with van der Waals surface area (Å²) < 4.78 is 13.6. The standard InChI is InChI=1S/C11H10BrFN2O3S/c12-7-2-1-6(3-8(7)13)14-11(18)15-5-19-4-9(15)10(16)17/h1-3,9H,4-5H2,(H,14,18)(H,16,17). The highest BCUT2D eigenvalue weighted by molar-refractivity contribution is 9.10. The number of nitrogens with zero attached hydrogens (tertiary/aromatic N) is 1. The third kappa shape index (κ3) is 3.19. The summed E-state index contributed by atoms with van der Waals surface area (Å²) in [4.78, 5) is 24.1. The highest BCUT2D eigenvalue weighted by Gasteiger charge is 2.34. The fourth-order valence-electron chi connectivity index (χ4n) is 1.62. The van der Waals surface area contributed by atoms with Crippen LogP contribution in [0.5, 0.6) is 0 Å². The fourth-order valence-corrected chi connectivity index (χ4v) is 3.01. The Bertz CT molecular complexity index is 529. The molecule has 0 aromatic heterocycles. The Morgan fingerprint density at radius 2 is 2.26 bits per heavy atom. The van der Waals surface area contributed by atoms with Gasteiger partial charge < -0.3 is 15.3 Å². The van der Waals surface area contributed by atoms with Gasteiger partial charge in [0.25, 0.3) is 0 Å². The minimum Gasteiger partial charge on any atom is -0.480 e. The fraction of sp³-hybridized carbons (Fsp3) is 0.273. The monoisotopic (exact) mass is 348 g/mol. The summed E-state index contributed by atoms with van der Waals surface area (Å²) in [5.41, 5.74) is 0.284. The van der Waals surface area contributed by atoms with Crippen LogP contribution in [0.2, 0.25) is 0 Å². The van der Waals surface area contributed by atoms with Crippen molar-refractivity contribution in [2.45, 2.75) is 6.04 Å². The van der Waals surface area contributed by atoms with E-state index < -0.39 is 23.9 Å². The number of urea groups is 1. The number of thioether (sulfide) groups is 1. The van der Waals surface area contributed by atoms with Crippen LogP contribution >= 0.6 is 27.7 Å². The van der Waals surface area contributed by atoms with E-state index in [2.05, 4.69) is 21.2 Å². The molecule has 2 rings (SSSR count). The first-order chi connectivity index (χ1) is 8.99. The average Bonchev–Trinajstić information content (AvgIpc) is 2.83. The lowest BCUT2D eigenvalue weighted by molar-refractivity contribution is -0.140. The summed E-state index contributed by atoms with van der Waals surface area (Å²) in [5.74, 6) is -0.871. The van der Waals surface area contributed by atoms with Crippen molar-refractivity contribution < 1.29 is 19.1 Å². The zero-order chi connectivity index (χ0) is 14.0. The average molecular weight is 349 g/mol. The van der Waals surface area contributed by atoms with E-state index in [-0.39, 0.29) is 5.69 Å². The van der Waals surface area contributed by atoms with Gasteiger partial charge in [0.05, 0.1) is 10.3 Å². The number of amides is 2. The van der Waals surface area contributed by atoms with Crippen LogP contribution in [0, 0.1) is 5.82 Å². The van der Waals surface area contributed by atoms with Crippen molar-refractivity contribution in [1.29, 1.82) is 0 Å². The molecule has 2 amide bonds. The molecule has 0 saturated carbocycles. The molecule has 1 heterocycles. The number of hydrogen-bond acceptors (Lipinski definition) is 3. The molecule has 0 bridgehead atoms. The minimum atomic E-state index is -1.04. The van der Waals surface area contributed by atoms with Gasteiger partial charge in [-0.1, -0.05) is 0 Å². The smallest absolute Gasteiger partial charge is 0.327 e. The Hall–Kier alpha value is -1.28. The maximum Gasteiger partial charge on any atom is 0.327 e. The molecule has 5 nitrogen and oxygen atoms in total.